The SMILES string of the molecule is C1CCOC1.CC[C@H](C)Nc1cc(F)c(C(=O)N[C@@H](Cc2ccc(-c3c(OC)cc(C)n(C)c3=O)c3ccccc23)C(=O)O)c(F)c1.CC[C@H](C)Nc1cc(F)c(C(=O)N[C@@H](Cc2ccc(-c3c(OC)cc(C)n(C)c3=O)c3ccccc23)C(=O)OC)c(F)c1.[Li+].[OH-]. The van der Waals surface area contributed by atoms with Crippen molar-refractivity contribution in [3.05, 3.63) is 187 Å². The van der Waals surface area contributed by atoms with Gasteiger partial charge in [-0.05, 0) is 121 Å². The topological polar surface area (TPSA) is 248 Å². The summed E-state index contributed by atoms with van der Waals surface area (Å²) in [5, 5.41) is 23.3. The number of esters is 1. The van der Waals surface area contributed by atoms with Gasteiger partial charge in [-0.3, -0.25) is 19.2 Å². The van der Waals surface area contributed by atoms with Crippen LogP contribution in [-0.2, 0) is 46.0 Å². The molecule has 2 aromatic heterocycles. The number of pyridine rings is 2. The number of amides is 2. The van der Waals surface area contributed by atoms with Crippen molar-refractivity contribution in [1.82, 2.24) is 19.8 Å². The van der Waals surface area contributed by atoms with Crippen molar-refractivity contribution in [2.75, 3.05) is 45.2 Å². The molecule has 9 rings (SSSR count). The summed E-state index contributed by atoms with van der Waals surface area (Å²) in [6.07, 6.45) is 3.79. The molecule has 1 saturated heterocycles. The van der Waals surface area contributed by atoms with E-state index in [0.29, 0.717) is 61.0 Å². The Balaban J connectivity index is 0.000000303. The molecule has 0 aliphatic carbocycles. The predicted octanol–water partition coefficient (Wildman–Crippen LogP) is 8.59. The Morgan fingerprint density at radius 1 is 0.576 bits per heavy atom. The number of fused-ring (bicyclic) bond motifs is 2. The van der Waals surface area contributed by atoms with Crippen LogP contribution in [0.4, 0.5) is 28.9 Å². The molecule has 0 unspecified atom stereocenters. The van der Waals surface area contributed by atoms with E-state index in [0.717, 1.165) is 67.1 Å². The van der Waals surface area contributed by atoms with Crippen LogP contribution in [0, 0.1) is 37.1 Å². The first kappa shape index (κ1) is 73.8. The number of anilines is 2. The van der Waals surface area contributed by atoms with E-state index in [4.69, 9.17) is 18.9 Å². The number of methoxy groups -OCH3 is 3. The number of carbonyl (C=O) groups excluding carboxylic acids is 3. The summed E-state index contributed by atoms with van der Waals surface area (Å²) >= 11 is 0. The maximum absolute atomic E-state index is 14.9. The van der Waals surface area contributed by atoms with E-state index < -0.39 is 70.2 Å². The third-order valence-electron chi connectivity index (χ3n) is 15.9. The second-order valence-corrected chi connectivity index (χ2v) is 22.0. The zero-order valence-electron chi connectivity index (χ0n) is 53.7. The van der Waals surface area contributed by atoms with Crippen molar-refractivity contribution in [1.29, 1.82) is 0 Å². The smallest absolute Gasteiger partial charge is 0.870 e. The van der Waals surface area contributed by atoms with Gasteiger partial charge in [-0.25, -0.2) is 27.2 Å². The summed E-state index contributed by atoms with van der Waals surface area (Å²) in [6.45, 7) is 13.2. The predicted molar refractivity (Wildman–Crippen MR) is 343 cm³/mol. The fourth-order valence-corrected chi connectivity index (χ4v) is 10.4. The Morgan fingerprint density at radius 3 is 1.26 bits per heavy atom. The zero-order chi connectivity index (χ0) is 65.7. The number of rotatable bonds is 20. The van der Waals surface area contributed by atoms with E-state index in [-0.39, 0.29) is 71.8 Å². The summed E-state index contributed by atoms with van der Waals surface area (Å²) in [6, 6.07) is 26.2. The fourth-order valence-electron chi connectivity index (χ4n) is 10.4. The third kappa shape index (κ3) is 17.1. The van der Waals surface area contributed by atoms with Gasteiger partial charge in [-0.1, -0.05) is 86.6 Å². The fraction of sp³-hybridized carbons (Fsp3) is 0.333. The quantitative estimate of drug-likeness (QED) is 0.0273. The molecule has 2 amide bonds. The average molecular weight is 1270 g/mol. The van der Waals surface area contributed by atoms with Crippen LogP contribution >= 0.6 is 0 Å². The van der Waals surface area contributed by atoms with Gasteiger partial charge >= 0.3 is 30.8 Å². The number of carbonyl (C=O) groups is 4. The molecule has 0 spiro atoms. The van der Waals surface area contributed by atoms with Crippen molar-refractivity contribution < 1.29 is 85.1 Å². The van der Waals surface area contributed by atoms with Crippen LogP contribution in [0.2, 0.25) is 0 Å². The van der Waals surface area contributed by atoms with Gasteiger partial charge in [0.05, 0.1) is 32.5 Å². The maximum Gasteiger partial charge on any atom is 1.00 e. The number of nitrogens with one attached hydrogen (secondary N) is 4. The van der Waals surface area contributed by atoms with E-state index in [1.807, 2.05) is 58.9 Å². The largest absolute Gasteiger partial charge is 1.00 e. The maximum atomic E-state index is 14.9. The van der Waals surface area contributed by atoms with Crippen molar-refractivity contribution in [3.63, 3.8) is 0 Å². The van der Waals surface area contributed by atoms with Crippen molar-refractivity contribution in [2.24, 2.45) is 14.1 Å². The van der Waals surface area contributed by atoms with Gasteiger partial charge in [0, 0.05) is 87.1 Å². The van der Waals surface area contributed by atoms with E-state index in [1.165, 1.54) is 43.3 Å². The van der Waals surface area contributed by atoms with Gasteiger partial charge < -0.3 is 59.9 Å². The molecular weight excluding hydrogens is 1190 g/mol. The molecule has 484 valence electrons. The number of nitrogens with zero attached hydrogens (tertiary/aromatic N) is 2. The molecule has 6 N–H and O–H groups in total. The van der Waals surface area contributed by atoms with Crippen LogP contribution in [-0.4, -0.2) is 102 Å². The normalized spacial score (nSPS) is 12.9. The first-order chi connectivity index (χ1) is 43.0. The summed E-state index contributed by atoms with van der Waals surface area (Å²) < 4.78 is 83.5. The number of aliphatic carboxylic acids is 1. The molecule has 0 saturated carbocycles. The van der Waals surface area contributed by atoms with Crippen LogP contribution in [0.5, 0.6) is 11.5 Å². The number of ether oxygens (including phenoxy) is 4. The summed E-state index contributed by atoms with van der Waals surface area (Å²) in [7, 11) is 7.49. The van der Waals surface area contributed by atoms with Crippen LogP contribution in [0.3, 0.4) is 0 Å². The van der Waals surface area contributed by atoms with Gasteiger partial charge in [0.1, 0.15) is 58.0 Å². The third-order valence-corrected chi connectivity index (χ3v) is 15.9. The number of carboxylic acids is 1. The van der Waals surface area contributed by atoms with Gasteiger partial charge in [0.15, 0.2) is 0 Å². The Bertz CT molecular complexity index is 4050. The molecule has 4 atom stereocenters. The molecule has 0 bridgehead atoms. The van der Waals surface area contributed by atoms with Crippen molar-refractivity contribution >= 4 is 56.7 Å². The summed E-state index contributed by atoms with van der Waals surface area (Å²) in [5.74, 6) is -7.93. The minimum Gasteiger partial charge on any atom is -0.870 e. The van der Waals surface area contributed by atoms with E-state index in [2.05, 4.69) is 21.3 Å². The molecule has 0 radical (unpaired) electrons. The molecule has 1 aliphatic rings. The molecule has 8 aromatic rings. The minimum absolute atomic E-state index is 0. The van der Waals surface area contributed by atoms with E-state index in [1.54, 1.807) is 81.7 Å². The molecule has 92 heavy (non-hydrogen) atoms. The monoisotopic (exact) mass is 1260 g/mol. The molecule has 3 heterocycles. The van der Waals surface area contributed by atoms with Gasteiger partial charge in [-0.2, -0.15) is 0 Å². The standard InChI is InChI=1S/C33H35F2N3O5.C32H33F2N3O5.C4H8O.Li.H2O/c1-7-18(2)36-21-16-25(34)30(26(35)17-21)31(39)37-27(33(41)43-6)15-20-12-13-24(23-11-9-8-10-22(20)23)29-28(42-5)14-19(3)38(4)32(29)40;1-6-17(2)35-20-15-24(33)29(25(34)16-20)30(38)36-26(32(40)41)14-19-11-12-23(22-10-8-7-9-21(19)22)28-27(42-5)13-18(3)37(4)31(28)39;1-2-4-5-3-1;;/h8-14,16-18,27,36H,7,15H2,1-6H3,(H,37,39);7-13,15-17,26,35H,6,14H2,1-5H3,(H,36,38)(H,40,41);1-4H2;;1H2/q;;;+1;/p-1/t18-,27-;17-,26-;;;/m00.../s1. The van der Waals surface area contributed by atoms with Crippen LogP contribution < -0.4 is 60.7 Å². The number of hydrogen-bond acceptors (Lipinski definition) is 13. The Hall–Kier alpha value is -8.94. The Kier molecular flexibility index (Phi) is 26.8. The van der Waals surface area contributed by atoms with E-state index in [9.17, 15) is 51.4 Å². The van der Waals surface area contributed by atoms with Gasteiger partial charge in [0.2, 0.25) is 0 Å². The van der Waals surface area contributed by atoms with Gasteiger partial charge in [0.25, 0.3) is 22.9 Å². The number of aromatic nitrogens is 2. The summed E-state index contributed by atoms with van der Waals surface area (Å²) in [4.78, 5) is 77.6. The second kappa shape index (κ2) is 33.4. The van der Waals surface area contributed by atoms with Crippen LogP contribution in [0.15, 0.2) is 119 Å². The molecule has 23 heteroatoms. The number of carboxylic acid groups (broad SMARTS) is 1. The number of benzene rings is 6. The molecule has 1 fully saturated rings. The van der Waals surface area contributed by atoms with Gasteiger partial charge in [-0.15, -0.1) is 0 Å². The number of hydrogen-bond donors (Lipinski definition) is 5. The van der Waals surface area contributed by atoms with Crippen molar-refractivity contribution in [2.45, 2.75) is 104 Å². The number of halogens is 4. The average Bonchev–Trinajstić information content (AvgIpc) is 0.906. The second-order valence-electron chi connectivity index (χ2n) is 22.0. The Morgan fingerprint density at radius 2 is 0.935 bits per heavy atom. The Labute approximate surface area is 543 Å². The summed E-state index contributed by atoms with van der Waals surface area (Å²) in [5.41, 5.74) is 2.85. The van der Waals surface area contributed by atoms with Crippen LogP contribution in [0.1, 0.15) is 96.6 Å². The van der Waals surface area contributed by atoms with Crippen LogP contribution in [0.25, 0.3) is 43.8 Å². The zero-order valence-corrected chi connectivity index (χ0v) is 53.7. The molecule has 6 aromatic carbocycles. The first-order valence-corrected chi connectivity index (χ1v) is 29.5. The molecule has 18 nitrogen and oxygen atoms in total. The van der Waals surface area contributed by atoms with Crippen molar-refractivity contribution in [3.8, 4) is 33.8 Å². The minimum atomic E-state index is -1.50. The van der Waals surface area contributed by atoms with E-state index >= 15 is 0 Å². The first-order valence-electron chi connectivity index (χ1n) is 29.5. The number of aryl methyl sites for hydroxylation is 2. The molecule has 1 aliphatic heterocycles. The molecular formula is C69H77F4LiN6O12.